The number of ether oxygens (including phenoxy) is 2. The van der Waals surface area contributed by atoms with Crippen molar-refractivity contribution in [3.63, 3.8) is 0 Å². The summed E-state index contributed by atoms with van der Waals surface area (Å²) in [5.41, 5.74) is 2.02. The summed E-state index contributed by atoms with van der Waals surface area (Å²) in [5.74, 6) is 0.957. The van der Waals surface area contributed by atoms with Crippen molar-refractivity contribution in [3.8, 4) is 12.3 Å². The van der Waals surface area contributed by atoms with Gasteiger partial charge in [-0.2, -0.15) is 0 Å². The molecule has 0 aromatic heterocycles. The molecule has 0 spiro atoms. The number of carbonyl (C=O) groups excluding carboxylic acids is 4. The predicted molar refractivity (Wildman–Crippen MR) is 137 cm³/mol. The first-order valence-electron chi connectivity index (χ1n) is 12.8. The summed E-state index contributed by atoms with van der Waals surface area (Å²) in [6.45, 7) is 9.17. The highest BCUT2D eigenvalue weighted by Crippen LogP contribution is 2.25. The molecule has 2 heterocycles. The Balaban J connectivity index is 1.63. The summed E-state index contributed by atoms with van der Waals surface area (Å²) in [4.78, 5) is 54.1. The fraction of sp³-hybridized carbons (Fsp3) is 0.571. The summed E-state index contributed by atoms with van der Waals surface area (Å²) < 4.78 is 10.5. The molecule has 0 saturated carbocycles. The summed E-state index contributed by atoms with van der Waals surface area (Å²) >= 11 is 0. The second kappa shape index (κ2) is 12.1. The lowest BCUT2D eigenvalue weighted by molar-refractivity contribution is -0.147. The molecule has 9 heteroatoms. The minimum atomic E-state index is -0.899. The Labute approximate surface area is 218 Å². The number of fused-ring (bicyclic) bond motifs is 1. The van der Waals surface area contributed by atoms with Gasteiger partial charge in [0, 0.05) is 38.2 Å². The van der Waals surface area contributed by atoms with Gasteiger partial charge in [0.1, 0.15) is 11.6 Å². The van der Waals surface area contributed by atoms with Crippen LogP contribution in [0.4, 0.5) is 4.79 Å². The zero-order valence-corrected chi connectivity index (χ0v) is 22.2. The molecule has 1 fully saturated rings. The molecule has 1 aromatic rings. The van der Waals surface area contributed by atoms with E-state index < -0.39 is 23.5 Å². The number of likely N-dealkylation sites (tertiary alicyclic amines) is 1. The topological polar surface area (TPSA) is 105 Å². The number of rotatable bonds is 6. The molecular weight excluding hydrogens is 474 g/mol. The van der Waals surface area contributed by atoms with Crippen LogP contribution in [0, 0.1) is 18.3 Å². The van der Waals surface area contributed by atoms with E-state index >= 15 is 0 Å². The minimum Gasteiger partial charge on any atom is -0.464 e. The van der Waals surface area contributed by atoms with E-state index in [9.17, 15) is 19.2 Å². The van der Waals surface area contributed by atoms with Gasteiger partial charge < -0.3 is 24.6 Å². The average molecular weight is 512 g/mol. The highest BCUT2D eigenvalue weighted by Gasteiger charge is 2.32. The number of piperidine rings is 1. The van der Waals surface area contributed by atoms with Gasteiger partial charge in [-0.1, -0.05) is 6.07 Å². The molecule has 0 bridgehead atoms. The Hall–Kier alpha value is -3.54. The van der Waals surface area contributed by atoms with Gasteiger partial charge in [0.2, 0.25) is 5.91 Å². The molecule has 1 N–H and O–H groups in total. The van der Waals surface area contributed by atoms with Crippen molar-refractivity contribution in [2.24, 2.45) is 5.92 Å². The van der Waals surface area contributed by atoms with Crippen LogP contribution in [0.15, 0.2) is 18.2 Å². The van der Waals surface area contributed by atoms with Crippen LogP contribution in [0.3, 0.4) is 0 Å². The van der Waals surface area contributed by atoms with Gasteiger partial charge in [-0.3, -0.25) is 9.59 Å². The lowest BCUT2D eigenvalue weighted by Gasteiger charge is -2.33. The fourth-order valence-electron chi connectivity index (χ4n) is 4.57. The van der Waals surface area contributed by atoms with Crippen molar-refractivity contribution in [2.75, 3.05) is 26.2 Å². The molecule has 2 aliphatic heterocycles. The Morgan fingerprint density at radius 1 is 1.16 bits per heavy atom. The highest BCUT2D eigenvalue weighted by molar-refractivity contribution is 5.95. The van der Waals surface area contributed by atoms with E-state index in [0.717, 1.165) is 11.1 Å². The first kappa shape index (κ1) is 28.0. The van der Waals surface area contributed by atoms with E-state index in [4.69, 9.17) is 15.9 Å². The molecule has 3 rings (SSSR count). The quantitative estimate of drug-likeness (QED) is 0.465. The molecule has 9 nitrogen and oxygen atoms in total. The number of terminal acetylenes is 1. The first-order valence-corrected chi connectivity index (χ1v) is 12.8. The predicted octanol–water partition coefficient (Wildman–Crippen LogP) is 2.90. The molecule has 200 valence electrons. The number of hydrogen-bond acceptors (Lipinski definition) is 6. The summed E-state index contributed by atoms with van der Waals surface area (Å²) in [6, 6.07) is 4.64. The van der Waals surface area contributed by atoms with E-state index in [-0.39, 0.29) is 37.5 Å². The number of amides is 3. The number of benzene rings is 1. The maximum atomic E-state index is 13.3. The lowest BCUT2D eigenvalue weighted by atomic mass is 9.94. The largest absolute Gasteiger partial charge is 0.464 e. The Bertz CT molecular complexity index is 1070. The van der Waals surface area contributed by atoms with Crippen molar-refractivity contribution in [1.82, 2.24) is 15.1 Å². The van der Waals surface area contributed by atoms with E-state index in [2.05, 4.69) is 11.2 Å². The fourth-order valence-corrected chi connectivity index (χ4v) is 4.57. The van der Waals surface area contributed by atoms with Crippen LogP contribution >= 0.6 is 0 Å². The van der Waals surface area contributed by atoms with E-state index in [0.29, 0.717) is 44.5 Å². The smallest absolute Gasteiger partial charge is 0.410 e. The summed E-state index contributed by atoms with van der Waals surface area (Å²) in [5, 5.41) is 2.70. The monoisotopic (exact) mass is 511 g/mol. The SMILES string of the molecule is C#CC[C@H](NC(=O)[C@@H]1CCCN(C(=O)c2ccc3c(c2)CCN(C(=O)OC(C)(C)C)C3)C1)C(=O)OCC. The zero-order chi connectivity index (χ0) is 27.2. The number of carbonyl (C=O) groups is 4. The molecule has 3 amide bonds. The standard InChI is InChI=1S/C28H37N3O6/c1-6-9-23(26(34)36-7-2)29-24(32)22-10-8-14-30(18-22)25(33)20-11-12-21-17-31(15-13-19(21)16-20)27(35)37-28(3,4)5/h1,11-12,16,22-23H,7-10,13-15,17-18H2,2-5H3,(H,29,32)/t22-,23+/m1/s1. The van der Waals surface area contributed by atoms with Crippen LogP contribution in [0.5, 0.6) is 0 Å². The van der Waals surface area contributed by atoms with Gasteiger partial charge >= 0.3 is 12.1 Å². The Kier molecular flexibility index (Phi) is 9.19. The van der Waals surface area contributed by atoms with Crippen molar-refractivity contribution in [2.45, 2.75) is 71.6 Å². The van der Waals surface area contributed by atoms with Crippen LogP contribution in [-0.4, -0.2) is 71.6 Å². The molecule has 1 aromatic carbocycles. The molecule has 0 radical (unpaired) electrons. The van der Waals surface area contributed by atoms with Gasteiger partial charge in [0.05, 0.1) is 12.5 Å². The zero-order valence-electron chi connectivity index (χ0n) is 22.2. The van der Waals surface area contributed by atoms with Crippen LogP contribution < -0.4 is 5.32 Å². The Morgan fingerprint density at radius 2 is 1.92 bits per heavy atom. The molecule has 0 unspecified atom stereocenters. The number of esters is 1. The van der Waals surface area contributed by atoms with Crippen LogP contribution in [0.25, 0.3) is 0 Å². The molecule has 1 saturated heterocycles. The number of nitrogens with zero attached hydrogens (tertiary/aromatic N) is 2. The molecule has 2 atom stereocenters. The van der Waals surface area contributed by atoms with Gasteiger partial charge in [-0.05, 0) is 70.2 Å². The van der Waals surface area contributed by atoms with Crippen molar-refractivity contribution in [3.05, 3.63) is 34.9 Å². The van der Waals surface area contributed by atoms with E-state index in [1.54, 1.807) is 22.8 Å². The first-order chi connectivity index (χ1) is 17.5. The second-order valence-electron chi connectivity index (χ2n) is 10.4. The van der Waals surface area contributed by atoms with Crippen molar-refractivity contribution < 1.29 is 28.7 Å². The van der Waals surface area contributed by atoms with E-state index in [1.807, 2.05) is 32.9 Å². The van der Waals surface area contributed by atoms with Gasteiger partial charge in [-0.25, -0.2) is 9.59 Å². The van der Waals surface area contributed by atoms with E-state index in [1.165, 1.54) is 0 Å². The number of nitrogens with one attached hydrogen (secondary N) is 1. The normalized spacial score (nSPS) is 18.2. The van der Waals surface area contributed by atoms with Gasteiger partial charge in [0.25, 0.3) is 5.91 Å². The lowest BCUT2D eigenvalue weighted by Crippen LogP contribution is -2.49. The number of hydrogen-bond donors (Lipinski definition) is 1. The summed E-state index contributed by atoms with van der Waals surface area (Å²) in [7, 11) is 0. The van der Waals surface area contributed by atoms with Crippen LogP contribution in [-0.2, 0) is 32.0 Å². The highest BCUT2D eigenvalue weighted by atomic mass is 16.6. The summed E-state index contributed by atoms with van der Waals surface area (Å²) in [6.07, 6.45) is 6.98. The third-order valence-corrected chi connectivity index (χ3v) is 6.41. The van der Waals surface area contributed by atoms with Crippen molar-refractivity contribution >= 4 is 23.9 Å². The third-order valence-electron chi connectivity index (χ3n) is 6.41. The molecular formula is C28H37N3O6. The third kappa shape index (κ3) is 7.48. The molecule has 37 heavy (non-hydrogen) atoms. The van der Waals surface area contributed by atoms with Crippen molar-refractivity contribution in [1.29, 1.82) is 0 Å². The van der Waals surface area contributed by atoms with Gasteiger partial charge in [-0.15, -0.1) is 12.3 Å². The molecule has 2 aliphatic rings. The maximum absolute atomic E-state index is 13.3. The molecule has 0 aliphatic carbocycles. The minimum absolute atomic E-state index is 0.0421. The van der Waals surface area contributed by atoms with Gasteiger partial charge in [0.15, 0.2) is 0 Å². The average Bonchev–Trinajstić information content (AvgIpc) is 2.86. The second-order valence-corrected chi connectivity index (χ2v) is 10.4. The Morgan fingerprint density at radius 3 is 2.59 bits per heavy atom. The van der Waals surface area contributed by atoms with Crippen LogP contribution in [0.2, 0.25) is 0 Å². The van der Waals surface area contributed by atoms with Crippen LogP contribution in [0.1, 0.15) is 68.4 Å². The maximum Gasteiger partial charge on any atom is 0.410 e.